The van der Waals surface area contributed by atoms with Crippen LogP contribution in [0, 0.1) is 0 Å². The van der Waals surface area contributed by atoms with Gasteiger partial charge in [-0.3, -0.25) is 0 Å². The minimum Gasteiger partial charge on any atom is -0.391 e. The first-order chi connectivity index (χ1) is 10.8. The fourth-order valence-corrected chi connectivity index (χ4v) is 3.09. The highest BCUT2D eigenvalue weighted by Gasteiger charge is 2.23. The monoisotopic (exact) mass is 304 g/mol. The maximum atomic E-state index is 9.78. The van der Waals surface area contributed by atoms with Crippen molar-refractivity contribution in [2.24, 2.45) is 0 Å². The van der Waals surface area contributed by atoms with Crippen LogP contribution in [0.4, 0.5) is 5.69 Å². The first-order valence-corrected chi connectivity index (χ1v) is 9.04. The molecular formula is C19H32N2O. The standard InChI is InChI=1S/C19H32N2O/c1-2-3-4-5-6-7-8-16-9-11-17(12-10-16)21-15-18-19(22)13-14-20-18/h9-12,18-22H,2-8,13-15H2,1H3/t18-,19+/m1/s1. The number of aliphatic hydroxyl groups is 1. The lowest BCUT2D eigenvalue weighted by molar-refractivity contribution is 0.163. The average molecular weight is 304 g/mol. The molecule has 3 N–H and O–H groups in total. The Morgan fingerprint density at radius 1 is 1.09 bits per heavy atom. The Kier molecular flexibility index (Phi) is 7.75. The normalized spacial score (nSPS) is 21.2. The zero-order valence-corrected chi connectivity index (χ0v) is 14.0. The predicted octanol–water partition coefficient (Wildman–Crippen LogP) is 3.72. The molecule has 2 atom stereocenters. The summed E-state index contributed by atoms with van der Waals surface area (Å²) >= 11 is 0. The van der Waals surface area contributed by atoms with Crippen LogP contribution in [-0.4, -0.2) is 30.3 Å². The molecule has 0 aromatic heterocycles. The van der Waals surface area contributed by atoms with Crippen molar-refractivity contribution in [2.45, 2.75) is 70.4 Å². The largest absolute Gasteiger partial charge is 0.391 e. The Labute approximate surface area is 135 Å². The number of rotatable bonds is 10. The minimum atomic E-state index is -0.209. The van der Waals surface area contributed by atoms with Gasteiger partial charge in [0.2, 0.25) is 0 Å². The van der Waals surface area contributed by atoms with Crippen LogP contribution >= 0.6 is 0 Å². The minimum absolute atomic E-state index is 0.183. The van der Waals surface area contributed by atoms with E-state index in [4.69, 9.17) is 0 Å². The first-order valence-electron chi connectivity index (χ1n) is 9.04. The third kappa shape index (κ3) is 5.98. The van der Waals surface area contributed by atoms with Gasteiger partial charge in [0, 0.05) is 12.2 Å². The summed E-state index contributed by atoms with van der Waals surface area (Å²) in [5.74, 6) is 0. The van der Waals surface area contributed by atoms with Gasteiger partial charge in [-0.1, -0.05) is 51.2 Å². The number of anilines is 1. The molecule has 1 saturated heterocycles. The highest BCUT2D eigenvalue weighted by Crippen LogP contribution is 2.14. The molecule has 1 aromatic rings. The molecule has 2 rings (SSSR count). The third-order valence-corrected chi connectivity index (χ3v) is 4.61. The topological polar surface area (TPSA) is 44.3 Å². The number of hydrogen-bond donors (Lipinski definition) is 3. The van der Waals surface area contributed by atoms with Gasteiger partial charge in [-0.05, 0) is 43.5 Å². The lowest BCUT2D eigenvalue weighted by Crippen LogP contribution is -2.36. The Bertz CT molecular complexity index is 404. The van der Waals surface area contributed by atoms with Crippen molar-refractivity contribution in [1.29, 1.82) is 0 Å². The van der Waals surface area contributed by atoms with Crippen molar-refractivity contribution in [3.05, 3.63) is 29.8 Å². The molecule has 0 amide bonds. The van der Waals surface area contributed by atoms with Gasteiger partial charge in [-0.2, -0.15) is 0 Å². The van der Waals surface area contributed by atoms with Crippen LogP contribution in [-0.2, 0) is 6.42 Å². The molecule has 3 heteroatoms. The van der Waals surface area contributed by atoms with E-state index in [9.17, 15) is 5.11 Å². The molecule has 1 fully saturated rings. The summed E-state index contributed by atoms with van der Waals surface area (Å²) in [6, 6.07) is 8.96. The second-order valence-corrected chi connectivity index (χ2v) is 6.51. The highest BCUT2D eigenvalue weighted by molar-refractivity contribution is 5.44. The Hall–Kier alpha value is -1.06. The number of benzene rings is 1. The van der Waals surface area contributed by atoms with E-state index >= 15 is 0 Å². The number of hydrogen-bond acceptors (Lipinski definition) is 3. The summed E-state index contributed by atoms with van der Waals surface area (Å²) in [6.07, 6.45) is 9.97. The third-order valence-electron chi connectivity index (χ3n) is 4.61. The summed E-state index contributed by atoms with van der Waals surface area (Å²) < 4.78 is 0. The van der Waals surface area contributed by atoms with Crippen LogP contribution < -0.4 is 10.6 Å². The van der Waals surface area contributed by atoms with E-state index in [2.05, 4.69) is 41.8 Å². The molecule has 0 unspecified atom stereocenters. The molecule has 0 bridgehead atoms. The molecule has 0 aliphatic carbocycles. The second-order valence-electron chi connectivity index (χ2n) is 6.51. The Morgan fingerprint density at radius 3 is 2.50 bits per heavy atom. The van der Waals surface area contributed by atoms with Crippen molar-refractivity contribution >= 4 is 5.69 Å². The lowest BCUT2D eigenvalue weighted by Gasteiger charge is -2.16. The fourth-order valence-electron chi connectivity index (χ4n) is 3.09. The van der Waals surface area contributed by atoms with Crippen molar-refractivity contribution in [2.75, 3.05) is 18.4 Å². The summed E-state index contributed by atoms with van der Waals surface area (Å²) in [6.45, 7) is 3.97. The molecule has 1 aromatic carbocycles. The van der Waals surface area contributed by atoms with Gasteiger partial charge in [0.1, 0.15) is 0 Å². The molecule has 1 heterocycles. The first kappa shape index (κ1) is 17.3. The van der Waals surface area contributed by atoms with E-state index in [0.29, 0.717) is 0 Å². The fraction of sp³-hybridized carbons (Fsp3) is 0.684. The van der Waals surface area contributed by atoms with E-state index < -0.39 is 0 Å². The summed E-state index contributed by atoms with van der Waals surface area (Å²) in [7, 11) is 0. The van der Waals surface area contributed by atoms with Gasteiger partial charge in [0.05, 0.1) is 12.1 Å². The molecule has 0 radical (unpaired) electrons. The molecular weight excluding hydrogens is 272 g/mol. The SMILES string of the molecule is CCCCCCCCc1ccc(NC[C@H]2NCC[C@@H]2O)cc1. The Balaban J connectivity index is 1.62. The van der Waals surface area contributed by atoms with Crippen LogP contribution in [0.2, 0.25) is 0 Å². The Morgan fingerprint density at radius 2 is 1.82 bits per heavy atom. The quantitative estimate of drug-likeness (QED) is 0.577. The van der Waals surface area contributed by atoms with Crippen molar-refractivity contribution in [3.63, 3.8) is 0 Å². The second kappa shape index (κ2) is 9.86. The van der Waals surface area contributed by atoms with Gasteiger partial charge < -0.3 is 15.7 Å². The molecule has 0 saturated carbocycles. The molecule has 3 nitrogen and oxygen atoms in total. The van der Waals surface area contributed by atoms with Gasteiger partial charge in [0.15, 0.2) is 0 Å². The van der Waals surface area contributed by atoms with Gasteiger partial charge in [-0.25, -0.2) is 0 Å². The van der Waals surface area contributed by atoms with Crippen molar-refractivity contribution in [3.8, 4) is 0 Å². The van der Waals surface area contributed by atoms with Crippen LogP contribution in [0.1, 0.15) is 57.4 Å². The van der Waals surface area contributed by atoms with Crippen LogP contribution in [0.25, 0.3) is 0 Å². The zero-order valence-electron chi connectivity index (χ0n) is 14.0. The van der Waals surface area contributed by atoms with E-state index in [1.165, 1.54) is 50.5 Å². The highest BCUT2D eigenvalue weighted by atomic mass is 16.3. The van der Waals surface area contributed by atoms with Gasteiger partial charge in [-0.15, -0.1) is 0 Å². The maximum Gasteiger partial charge on any atom is 0.0722 e. The van der Waals surface area contributed by atoms with Crippen LogP contribution in [0.15, 0.2) is 24.3 Å². The van der Waals surface area contributed by atoms with Crippen LogP contribution in [0.5, 0.6) is 0 Å². The number of aliphatic hydroxyl groups excluding tert-OH is 1. The van der Waals surface area contributed by atoms with Crippen molar-refractivity contribution in [1.82, 2.24) is 5.32 Å². The van der Waals surface area contributed by atoms with Crippen molar-refractivity contribution < 1.29 is 5.11 Å². The lowest BCUT2D eigenvalue weighted by atomic mass is 10.0. The van der Waals surface area contributed by atoms with Crippen LogP contribution in [0.3, 0.4) is 0 Å². The number of unbranched alkanes of at least 4 members (excludes halogenated alkanes) is 5. The average Bonchev–Trinajstić information content (AvgIpc) is 2.95. The molecule has 124 valence electrons. The van der Waals surface area contributed by atoms with Gasteiger partial charge in [0.25, 0.3) is 0 Å². The number of aryl methyl sites for hydroxylation is 1. The summed E-state index contributed by atoms with van der Waals surface area (Å²) in [5.41, 5.74) is 2.58. The maximum absolute atomic E-state index is 9.78. The molecule has 0 spiro atoms. The van der Waals surface area contributed by atoms with Gasteiger partial charge >= 0.3 is 0 Å². The molecule has 1 aliphatic rings. The van der Waals surface area contributed by atoms with E-state index in [0.717, 1.165) is 25.2 Å². The number of nitrogens with one attached hydrogen (secondary N) is 2. The summed E-state index contributed by atoms with van der Waals surface area (Å²) in [5, 5.41) is 16.5. The smallest absolute Gasteiger partial charge is 0.0722 e. The zero-order chi connectivity index (χ0) is 15.6. The predicted molar refractivity (Wildman–Crippen MR) is 94.4 cm³/mol. The van der Waals surface area contributed by atoms with E-state index in [1.807, 2.05) is 0 Å². The van der Waals surface area contributed by atoms with E-state index in [-0.39, 0.29) is 12.1 Å². The van der Waals surface area contributed by atoms with E-state index in [1.54, 1.807) is 0 Å². The molecule has 1 aliphatic heterocycles. The summed E-state index contributed by atoms with van der Waals surface area (Å²) in [4.78, 5) is 0. The molecule has 22 heavy (non-hydrogen) atoms.